The van der Waals surface area contributed by atoms with Crippen LogP contribution in [0.1, 0.15) is 52.4 Å². The molecule has 0 bridgehead atoms. The van der Waals surface area contributed by atoms with Crippen molar-refractivity contribution in [1.82, 2.24) is 4.90 Å². The predicted octanol–water partition coefficient (Wildman–Crippen LogP) is 4.52. The second kappa shape index (κ2) is 9.00. The first-order chi connectivity index (χ1) is 13.0. The Kier molecular flexibility index (Phi) is 6.68. The molecule has 1 aromatic rings. The molecule has 0 spiro atoms. The van der Waals surface area contributed by atoms with Crippen molar-refractivity contribution < 1.29 is 9.53 Å². The Morgan fingerprint density at radius 2 is 1.81 bits per heavy atom. The topological polar surface area (TPSA) is 45.1 Å². The van der Waals surface area contributed by atoms with Crippen molar-refractivity contribution in [1.29, 1.82) is 0 Å². The normalized spacial score (nSPS) is 25.5. The van der Waals surface area contributed by atoms with Gasteiger partial charge in [0, 0.05) is 24.9 Å². The van der Waals surface area contributed by atoms with Crippen LogP contribution in [-0.4, -0.2) is 47.6 Å². The van der Waals surface area contributed by atoms with Gasteiger partial charge in [-0.2, -0.15) is 0 Å². The molecule has 1 aliphatic carbocycles. The summed E-state index contributed by atoms with van der Waals surface area (Å²) in [6.45, 7) is 3.82. The van der Waals surface area contributed by atoms with E-state index in [-0.39, 0.29) is 17.3 Å². The van der Waals surface area contributed by atoms with Crippen molar-refractivity contribution >= 4 is 28.5 Å². The second-order valence-electron chi connectivity index (χ2n) is 7.49. The van der Waals surface area contributed by atoms with Gasteiger partial charge in [0.2, 0.25) is 5.91 Å². The van der Waals surface area contributed by atoms with Gasteiger partial charge in [-0.05, 0) is 44.0 Å². The quantitative estimate of drug-likeness (QED) is 0.710. The molecule has 6 heteroatoms. The number of carbonyl (C=O) groups is 1. The summed E-state index contributed by atoms with van der Waals surface area (Å²) in [5.41, 5.74) is 0.892. The van der Waals surface area contributed by atoms with Gasteiger partial charge in [0.1, 0.15) is 11.9 Å². The molecule has 27 heavy (non-hydrogen) atoms. The summed E-state index contributed by atoms with van der Waals surface area (Å²) in [4.78, 5) is 21.7. The first-order valence-electron chi connectivity index (χ1n) is 9.92. The lowest BCUT2D eigenvalue weighted by molar-refractivity contribution is -0.117. The molecule has 1 saturated heterocycles. The fourth-order valence-corrected chi connectivity index (χ4v) is 5.29. The summed E-state index contributed by atoms with van der Waals surface area (Å²) in [5, 5.41) is 1.32. The lowest BCUT2D eigenvalue weighted by Gasteiger charge is -2.35. The first kappa shape index (κ1) is 20.1. The summed E-state index contributed by atoms with van der Waals surface area (Å²) in [6, 6.07) is 8.13. The Morgan fingerprint density at radius 3 is 2.37 bits per heavy atom. The average molecular weight is 390 g/mol. The molecule has 0 radical (unpaired) electrons. The highest BCUT2D eigenvalue weighted by molar-refractivity contribution is 8.14. The van der Waals surface area contributed by atoms with Crippen LogP contribution in [0, 0.1) is 0 Å². The van der Waals surface area contributed by atoms with Gasteiger partial charge in [-0.3, -0.25) is 14.7 Å². The largest absolute Gasteiger partial charge is 0.497 e. The molecular formula is C21H31N3O2S. The van der Waals surface area contributed by atoms with Gasteiger partial charge >= 0.3 is 0 Å². The molecule has 1 amide bonds. The number of aliphatic imine (C=N–C) groups is 1. The SMILES string of the molecule is COc1ccc(N(C(C)=O)C2C(C)SC(=NC3CCCCCC3)N2C)cc1. The van der Waals surface area contributed by atoms with Gasteiger partial charge in [-0.15, -0.1) is 0 Å². The number of ether oxygens (including phenoxy) is 1. The highest BCUT2D eigenvalue weighted by Crippen LogP contribution is 2.36. The second-order valence-corrected chi connectivity index (χ2v) is 8.84. The van der Waals surface area contributed by atoms with E-state index < -0.39 is 0 Å². The number of hydrogen-bond acceptors (Lipinski definition) is 4. The summed E-state index contributed by atoms with van der Waals surface area (Å²) in [7, 11) is 3.72. The van der Waals surface area contributed by atoms with Gasteiger partial charge < -0.3 is 9.64 Å². The summed E-state index contributed by atoms with van der Waals surface area (Å²) in [6.07, 6.45) is 7.56. The fraction of sp³-hybridized carbons (Fsp3) is 0.619. The van der Waals surface area contributed by atoms with Crippen molar-refractivity contribution in [3.63, 3.8) is 0 Å². The number of nitrogens with zero attached hydrogens (tertiary/aromatic N) is 3. The minimum absolute atomic E-state index is 0.0366. The molecule has 2 aliphatic rings. The van der Waals surface area contributed by atoms with Crippen molar-refractivity contribution in [2.24, 2.45) is 4.99 Å². The third-order valence-corrected chi connectivity index (χ3v) is 6.70. The molecule has 0 N–H and O–H groups in total. The number of hydrogen-bond donors (Lipinski definition) is 0. The van der Waals surface area contributed by atoms with Crippen molar-refractivity contribution in [2.45, 2.75) is 69.8 Å². The minimum Gasteiger partial charge on any atom is -0.497 e. The van der Waals surface area contributed by atoms with E-state index in [1.54, 1.807) is 25.8 Å². The zero-order valence-corrected chi connectivity index (χ0v) is 17.7. The maximum absolute atomic E-state index is 12.5. The smallest absolute Gasteiger partial charge is 0.225 e. The number of amidine groups is 1. The fourth-order valence-electron chi connectivity index (χ4n) is 4.05. The van der Waals surface area contributed by atoms with E-state index in [1.807, 2.05) is 29.2 Å². The molecule has 5 nitrogen and oxygen atoms in total. The monoisotopic (exact) mass is 389 g/mol. The van der Waals surface area contributed by atoms with E-state index in [0.717, 1.165) is 16.6 Å². The first-order valence-corrected chi connectivity index (χ1v) is 10.8. The number of anilines is 1. The lowest BCUT2D eigenvalue weighted by Crippen LogP contribution is -2.50. The molecule has 1 aliphatic heterocycles. The number of methoxy groups -OCH3 is 1. The molecule has 148 valence electrons. The number of thioether (sulfide) groups is 1. The van der Waals surface area contributed by atoms with Gasteiger partial charge in [0.15, 0.2) is 5.17 Å². The predicted molar refractivity (Wildman–Crippen MR) is 114 cm³/mol. The summed E-state index contributed by atoms with van der Waals surface area (Å²) < 4.78 is 5.25. The highest BCUT2D eigenvalue weighted by Gasteiger charge is 2.40. The molecule has 1 saturated carbocycles. The molecule has 2 atom stereocenters. The summed E-state index contributed by atoms with van der Waals surface area (Å²) >= 11 is 1.79. The average Bonchev–Trinajstić information content (AvgIpc) is 2.84. The van der Waals surface area contributed by atoms with Gasteiger partial charge in [0.05, 0.1) is 13.2 Å². The van der Waals surface area contributed by atoms with Gasteiger partial charge in [-0.1, -0.05) is 37.4 Å². The minimum atomic E-state index is -0.0366. The van der Waals surface area contributed by atoms with Crippen LogP contribution in [0.5, 0.6) is 5.75 Å². The molecule has 0 aromatic heterocycles. The van der Waals surface area contributed by atoms with Crippen LogP contribution in [0.4, 0.5) is 5.69 Å². The Labute approximate surface area is 167 Å². The van der Waals surface area contributed by atoms with Crippen LogP contribution in [-0.2, 0) is 4.79 Å². The molecule has 2 unspecified atom stereocenters. The van der Waals surface area contributed by atoms with E-state index in [4.69, 9.17) is 9.73 Å². The van der Waals surface area contributed by atoms with E-state index in [2.05, 4.69) is 18.9 Å². The molecule has 1 heterocycles. The maximum Gasteiger partial charge on any atom is 0.225 e. The number of amides is 1. The lowest BCUT2D eigenvalue weighted by atomic mass is 10.1. The molecule has 1 aromatic carbocycles. The van der Waals surface area contributed by atoms with Crippen molar-refractivity contribution in [3.05, 3.63) is 24.3 Å². The van der Waals surface area contributed by atoms with Crippen LogP contribution in [0.15, 0.2) is 29.3 Å². The third-order valence-electron chi connectivity index (χ3n) is 5.48. The Bertz CT molecular complexity index is 669. The van der Waals surface area contributed by atoms with Crippen molar-refractivity contribution in [3.8, 4) is 5.75 Å². The number of benzene rings is 1. The van der Waals surface area contributed by atoms with Crippen LogP contribution in [0.3, 0.4) is 0 Å². The van der Waals surface area contributed by atoms with Crippen molar-refractivity contribution in [2.75, 3.05) is 19.1 Å². The Balaban J connectivity index is 1.83. The third kappa shape index (κ3) is 4.60. The van der Waals surface area contributed by atoms with E-state index in [1.165, 1.54) is 38.5 Å². The summed E-state index contributed by atoms with van der Waals surface area (Å²) in [5.74, 6) is 0.834. The van der Waals surface area contributed by atoms with Gasteiger partial charge in [-0.25, -0.2) is 0 Å². The van der Waals surface area contributed by atoms with Gasteiger partial charge in [0.25, 0.3) is 0 Å². The Hall–Kier alpha value is -1.69. The molecular weight excluding hydrogens is 358 g/mol. The molecule has 2 fully saturated rings. The van der Waals surface area contributed by atoms with E-state index in [9.17, 15) is 4.79 Å². The Morgan fingerprint density at radius 1 is 1.19 bits per heavy atom. The van der Waals surface area contributed by atoms with Crippen LogP contribution >= 0.6 is 11.8 Å². The van der Waals surface area contributed by atoms with Crippen LogP contribution < -0.4 is 9.64 Å². The van der Waals surface area contributed by atoms with Crippen LogP contribution in [0.2, 0.25) is 0 Å². The zero-order valence-electron chi connectivity index (χ0n) is 16.9. The number of rotatable bonds is 4. The standard InChI is InChI=1S/C21H31N3O2S/c1-15-20(24(16(2)25)18-11-13-19(26-4)14-12-18)23(3)21(27-15)22-17-9-7-5-6-8-10-17/h11-15,17,20H,5-10H2,1-4H3. The highest BCUT2D eigenvalue weighted by atomic mass is 32.2. The molecule has 3 rings (SSSR count). The van der Waals surface area contributed by atoms with E-state index >= 15 is 0 Å². The van der Waals surface area contributed by atoms with E-state index in [0.29, 0.717) is 6.04 Å². The number of carbonyl (C=O) groups excluding carboxylic acids is 1. The zero-order chi connectivity index (χ0) is 19.4. The maximum atomic E-state index is 12.5. The van der Waals surface area contributed by atoms with Crippen LogP contribution in [0.25, 0.3) is 0 Å².